The average Bonchev–Trinajstić information content (AvgIpc) is 2.71. The molecule has 0 saturated carbocycles. The van der Waals surface area contributed by atoms with Crippen molar-refractivity contribution in [3.63, 3.8) is 0 Å². The Balaban J connectivity index is 2.04. The lowest BCUT2D eigenvalue weighted by Gasteiger charge is -2.18. The Morgan fingerprint density at radius 2 is 1.68 bits per heavy atom. The Labute approximate surface area is 172 Å². The molecule has 0 radical (unpaired) electrons. The summed E-state index contributed by atoms with van der Waals surface area (Å²) in [7, 11) is 0. The van der Waals surface area contributed by atoms with Crippen LogP contribution in [0.3, 0.4) is 0 Å². The van der Waals surface area contributed by atoms with Crippen molar-refractivity contribution in [2.24, 2.45) is 0 Å². The smallest absolute Gasteiger partial charge is 0.238 e. The van der Waals surface area contributed by atoms with Gasteiger partial charge in [-0.25, -0.2) is 0 Å². The van der Waals surface area contributed by atoms with Crippen LogP contribution in [0, 0.1) is 13.8 Å². The van der Waals surface area contributed by atoms with Gasteiger partial charge >= 0.3 is 0 Å². The van der Waals surface area contributed by atoms with Crippen molar-refractivity contribution < 1.29 is 9.67 Å². The summed E-state index contributed by atoms with van der Waals surface area (Å²) in [5, 5.41) is 16.6. The second-order valence-electron chi connectivity index (χ2n) is 6.78. The van der Waals surface area contributed by atoms with Crippen molar-refractivity contribution in [1.82, 2.24) is 0 Å². The molecule has 28 heavy (non-hydrogen) atoms. The van der Waals surface area contributed by atoms with Gasteiger partial charge in [-0.3, -0.25) is 0 Å². The fourth-order valence-electron chi connectivity index (χ4n) is 3.05. The zero-order valence-corrected chi connectivity index (χ0v) is 17.2. The molecular formula is C24H24N2OS. The molecule has 0 aliphatic carbocycles. The zero-order valence-electron chi connectivity index (χ0n) is 16.4. The molecule has 4 heteroatoms. The van der Waals surface area contributed by atoms with Gasteiger partial charge in [0.05, 0.1) is 0 Å². The van der Waals surface area contributed by atoms with Crippen LogP contribution in [0.5, 0.6) is 0 Å². The molecule has 0 saturated heterocycles. The molecule has 0 aliphatic heterocycles. The third-order valence-electron chi connectivity index (χ3n) is 4.66. The first-order chi connectivity index (χ1) is 13.5. The quantitative estimate of drug-likeness (QED) is 0.307. The normalized spacial score (nSPS) is 11.7. The molecule has 1 aromatic heterocycles. The first-order valence-electron chi connectivity index (χ1n) is 9.35. The molecule has 0 bridgehead atoms. The first-order valence-corrected chi connectivity index (χ1v) is 9.76. The number of nitrogens with zero attached hydrogens (tertiary/aromatic N) is 1. The molecule has 0 amide bonds. The fraction of sp³-hybridized carbons (Fsp3) is 0.167. The van der Waals surface area contributed by atoms with Crippen molar-refractivity contribution in [3.8, 4) is 0 Å². The van der Waals surface area contributed by atoms with Crippen molar-refractivity contribution in [3.05, 3.63) is 95.3 Å². The summed E-state index contributed by atoms with van der Waals surface area (Å²) in [5.41, 5.74) is 5.41. The lowest BCUT2D eigenvalue weighted by Crippen LogP contribution is -2.39. The Kier molecular flexibility index (Phi) is 6.22. The van der Waals surface area contributed by atoms with Crippen LogP contribution in [-0.2, 0) is 6.42 Å². The van der Waals surface area contributed by atoms with Crippen LogP contribution in [0.1, 0.15) is 29.2 Å². The van der Waals surface area contributed by atoms with Crippen molar-refractivity contribution in [2.45, 2.75) is 27.2 Å². The molecule has 2 aromatic carbocycles. The van der Waals surface area contributed by atoms with Gasteiger partial charge in [0.2, 0.25) is 5.70 Å². The minimum Gasteiger partial charge on any atom is -0.867 e. The van der Waals surface area contributed by atoms with Gasteiger partial charge in [-0.15, -0.1) is 0 Å². The van der Waals surface area contributed by atoms with Gasteiger partial charge in [-0.2, -0.15) is 4.57 Å². The molecule has 0 unspecified atom stereocenters. The van der Waals surface area contributed by atoms with Gasteiger partial charge in [0, 0.05) is 17.8 Å². The Morgan fingerprint density at radius 1 is 1.00 bits per heavy atom. The molecule has 142 valence electrons. The van der Waals surface area contributed by atoms with E-state index in [0.717, 1.165) is 17.7 Å². The average molecular weight is 389 g/mol. The minimum atomic E-state index is -0.110. The number of benzene rings is 2. The number of nitrogens with one attached hydrogen (secondary N) is 1. The van der Waals surface area contributed by atoms with E-state index in [0.29, 0.717) is 16.2 Å². The predicted molar refractivity (Wildman–Crippen MR) is 118 cm³/mol. The number of thiocarbonyl (C=S) groups is 1. The summed E-state index contributed by atoms with van der Waals surface area (Å²) in [6, 6.07) is 19.5. The highest BCUT2D eigenvalue weighted by molar-refractivity contribution is 7.81. The second kappa shape index (κ2) is 8.81. The lowest BCUT2D eigenvalue weighted by molar-refractivity contribution is -0.577. The lowest BCUT2D eigenvalue weighted by atomic mass is 10.1. The highest BCUT2D eigenvalue weighted by atomic mass is 32.1. The molecule has 1 heterocycles. The Morgan fingerprint density at radius 3 is 2.29 bits per heavy atom. The third-order valence-corrected chi connectivity index (χ3v) is 4.95. The zero-order chi connectivity index (χ0) is 20.1. The van der Waals surface area contributed by atoms with E-state index in [4.69, 9.17) is 12.2 Å². The van der Waals surface area contributed by atoms with Crippen LogP contribution < -0.4 is 15.0 Å². The fourth-order valence-corrected chi connectivity index (χ4v) is 3.36. The van der Waals surface area contributed by atoms with Gasteiger partial charge in [0.1, 0.15) is 0 Å². The Bertz CT molecular complexity index is 1010. The van der Waals surface area contributed by atoms with Crippen molar-refractivity contribution in [2.75, 3.05) is 5.32 Å². The second-order valence-corrected chi connectivity index (χ2v) is 7.19. The maximum atomic E-state index is 13.3. The molecule has 0 aliphatic rings. The Hall–Kier alpha value is -2.98. The van der Waals surface area contributed by atoms with Gasteiger partial charge in [0.15, 0.2) is 17.4 Å². The molecule has 3 aromatic rings. The summed E-state index contributed by atoms with van der Waals surface area (Å²) >= 11 is 5.67. The van der Waals surface area contributed by atoms with Crippen molar-refractivity contribution in [1.29, 1.82) is 0 Å². The van der Waals surface area contributed by atoms with E-state index in [-0.39, 0.29) is 5.76 Å². The number of hydrogen-bond donors (Lipinski definition) is 1. The van der Waals surface area contributed by atoms with Crippen LogP contribution >= 0.6 is 12.2 Å². The van der Waals surface area contributed by atoms with Gasteiger partial charge in [0.25, 0.3) is 0 Å². The maximum Gasteiger partial charge on any atom is 0.238 e. The molecular weight excluding hydrogens is 364 g/mol. The molecule has 0 fully saturated rings. The number of pyridine rings is 1. The molecule has 3 nitrogen and oxygen atoms in total. The van der Waals surface area contributed by atoms with Crippen LogP contribution in [0.15, 0.2) is 73.1 Å². The van der Waals surface area contributed by atoms with E-state index in [1.54, 1.807) is 4.57 Å². The summed E-state index contributed by atoms with van der Waals surface area (Å²) < 4.78 is 1.77. The number of rotatable bonds is 5. The topological polar surface area (TPSA) is 39.0 Å². The molecule has 0 atom stereocenters. The SMILES string of the molecule is CCc1ccc(/C([O-])=C(/C(=S)Nc2ccc(C)cc2C)[n+]2ccccc2)cc1. The predicted octanol–water partition coefficient (Wildman–Crippen LogP) is 4.28. The van der Waals surface area contributed by atoms with Crippen LogP contribution in [-0.4, -0.2) is 4.99 Å². The summed E-state index contributed by atoms with van der Waals surface area (Å²) in [6.07, 6.45) is 4.61. The van der Waals surface area contributed by atoms with E-state index >= 15 is 0 Å². The minimum absolute atomic E-state index is 0.110. The number of aromatic nitrogens is 1. The first kappa shape index (κ1) is 19.8. The standard InChI is InChI=1S/C24H24N2OS/c1-4-19-9-11-20(12-10-19)23(27)22(26-14-6-5-7-15-26)24(28)25-21-13-8-17(2)16-18(21)3/h5-16H,4H2,1-3H3,(H-,25,27,28). The van der Waals surface area contributed by atoms with E-state index < -0.39 is 0 Å². The summed E-state index contributed by atoms with van der Waals surface area (Å²) in [6.45, 7) is 6.17. The van der Waals surface area contributed by atoms with E-state index in [2.05, 4.69) is 25.2 Å². The van der Waals surface area contributed by atoms with E-state index in [9.17, 15) is 5.11 Å². The molecule has 0 spiro atoms. The number of hydrogen-bond acceptors (Lipinski definition) is 2. The highest BCUT2D eigenvalue weighted by Crippen LogP contribution is 2.20. The molecule has 1 N–H and O–H groups in total. The molecule has 3 rings (SSSR count). The number of anilines is 1. The van der Waals surface area contributed by atoms with Crippen molar-refractivity contribution >= 4 is 34.3 Å². The van der Waals surface area contributed by atoms with Gasteiger partial charge in [-0.1, -0.05) is 67.2 Å². The van der Waals surface area contributed by atoms with Crippen LogP contribution in [0.25, 0.3) is 11.5 Å². The highest BCUT2D eigenvalue weighted by Gasteiger charge is 2.19. The van der Waals surface area contributed by atoms with Crippen LogP contribution in [0.4, 0.5) is 5.69 Å². The van der Waals surface area contributed by atoms with Gasteiger partial charge < -0.3 is 10.4 Å². The summed E-state index contributed by atoms with van der Waals surface area (Å²) in [5.74, 6) is -0.110. The summed E-state index contributed by atoms with van der Waals surface area (Å²) in [4.78, 5) is 0.396. The van der Waals surface area contributed by atoms with E-state index in [1.165, 1.54) is 11.1 Å². The largest absolute Gasteiger partial charge is 0.867 e. The third kappa shape index (κ3) is 4.46. The number of aryl methyl sites for hydroxylation is 3. The van der Waals surface area contributed by atoms with E-state index in [1.807, 2.05) is 73.9 Å². The monoisotopic (exact) mass is 388 g/mol. The van der Waals surface area contributed by atoms with Crippen LogP contribution in [0.2, 0.25) is 0 Å². The van der Waals surface area contributed by atoms with Gasteiger partial charge in [-0.05, 0) is 48.8 Å². The maximum absolute atomic E-state index is 13.3.